The van der Waals surface area contributed by atoms with Crippen LogP contribution in [0.15, 0.2) is 76.5 Å². The van der Waals surface area contributed by atoms with Gasteiger partial charge >= 0.3 is 0 Å². The topological polar surface area (TPSA) is 92.3 Å². The number of rotatable bonds is 6. The number of sulfonamides is 2. The maximum atomic E-state index is 13.3. The van der Waals surface area contributed by atoms with E-state index in [0.29, 0.717) is 10.7 Å². The van der Waals surface area contributed by atoms with Crippen LogP contribution in [0, 0.1) is 12.7 Å². The fourth-order valence-electron chi connectivity index (χ4n) is 2.58. The lowest BCUT2D eigenvalue weighted by molar-refractivity contribution is 0.597. The lowest BCUT2D eigenvalue weighted by Gasteiger charge is -2.12. The predicted octanol–water partition coefficient (Wildman–Crippen LogP) is 4.39. The monoisotopic (exact) mass is 454 g/mol. The van der Waals surface area contributed by atoms with Gasteiger partial charge in [0.1, 0.15) is 5.82 Å². The smallest absolute Gasteiger partial charge is 0.262 e. The molecule has 0 aliphatic heterocycles. The number of hydrogen-bond acceptors (Lipinski definition) is 4. The summed E-state index contributed by atoms with van der Waals surface area (Å²) in [5, 5.41) is 0.459. The van der Waals surface area contributed by atoms with Crippen LogP contribution in [-0.2, 0) is 20.0 Å². The van der Waals surface area contributed by atoms with Gasteiger partial charge in [0.25, 0.3) is 20.0 Å². The Labute approximate surface area is 173 Å². The predicted molar refractivity (Wildman–Crippen MR) is 111 cm³/mol. The molecule has 3 aromatic carbocycles. The molecule has 0 spiro atoms. The highest BCUT2D eigenvalue weighted by molar-refractivity contribution is 7.93. The first-order valence-corrected chi connectivity index (χ1v) is 11.6. The molecule has 0 saturated heterocycles. The van der Waals surface area contributed by atoms with Crippen LogP contribution in [0.4, 0.5) is 15.8 Å². The zero-order valence-corrected chi connectivity index (χ0v) is 17.4. The standard InChI is InChI=1S/C19H16ClFN2O4S2/c1-13-11-15(21)7-10-19(13)29(26,27)23-17-3-2-4-18(12-17)28(24,25)22-16-8-5-14(20)6-9-16/h2-12,22-23H,1H3. The Morgan fingerprint density at radius 1 is 0.793 bits per heavy atom. The maximum absolute atomic E-state index is 13.3. The summed E-state index contributed by atoms with van der Waals surface area (Å²) in [6.45, 7) is 1.47. The van der Waals surface area contributed by atoms with Crippen molar-refractivity contribution in [3.8, 4) is 0 Å². The molecule has 0 atom stereocenters. The van der Waals surface area contributed by atoms with Gasteiger partial charge in [-0.15, -0.1) is 0 Å². The number of benzene rings is 3. The summed E-state index contributed by atoms with van der Waals surface area (Å²) in [7, 11) is -7.99. The van der Waals surface area contributed by atoms with Crippen molar-refractivity contribution >= 4 is 43.0 Å². The van der Waals surface area contributed by atoms with Gasteiger partial charge in [-0.25, -0.2) is 21.2 Å². The molecule has 0 amide bonds. The molecular formula is C19H16ClFN2O4S2. The third kappa shape index (κ3) is 5.06. The minimum Gasteiger partial charge on any atom is -0.280 e. The van der Waals surface area contributed by atoms with E-state index >= 15 is 0 Å². The maximum Gasteiger partial charge on any atom is 0.262 e. The van der Waals surface area contributed by atoms with Crippen LogP contribution in [0.2, 0.25) is 5.02 Å². The van der Waals surface area contributed by atoms with E-state index in [1.54, 1.807) is 0 Å². The largest absolute Gasteiger partial charge is 0.280 e. The molecule has 0 saturated carbocycles. The fourth-order valence-corrected chi connectivity index (χ4v) is 5.09. The summed E-state index contributed by atoms with van der Waals surface area (Å²) < 4.78 is 68.4. The Hall–Kier alpha value is -2.62. The number of anilines is 2. The number of hydrogen-bond donors (Lipinski definition) is 2. The third-order valence-electron chi connectivity index (χ3n) is 3.92. The molecule has 0 radical (unpaired) electrons. The molecule has 0 aromatic heterocycles. The Bertz CT molecular complexity index is 1260. The van der Waals surface area contributed by atoms with E-state index in [0.717, 1.165) is 18.2 Å². The van der Waals surface area contributed by atoms with Gasteiger partial charge in [-0.1, -0.05) is 17.7 Å². The van der Waals surface area contributed by atoms with E-state index in [4.69, 9.17) is 11.6 Å². The van der Waals surface area contributed by atoms with Crippen molar-refractivity contribution in [2.75, 3.05) is 9.44 Å². The van der Waals surface area contributed by atoms with Gasteiger partial charge in [0, 0.05) is 10.7 Å². The van der Waals surface area contributed by atoms with Crippen LogP contribution in [0.1, 0.15) is 5.56 Å². The van der Waals surface area contributed by atoms with Gasteiger partial charge in [0.15, 0.2) is 0 Å². The second-order valence-electron chi connectivity index (χ2n) is 6.16. The van der Waals surface area contributed by atoms with Crippen molar-refractivity contribution < 1.29 is 21.2 Å². The first kappa shape index (κ1) is 21.1. The highest BCUT2D eigenvalue weighted by atomic mass is 35.5. The minimum atomic E-state index is -4.03. The average molecular weight is 455 g/mol. The average Bonchev–Trinajstić information content (AvgIpc) is 2.63. The fraction of sp³-hybridized carbons (Fsp3) is 0.0526. The van der Waals surface area contributed by atoms with Gasteiger partial charge in [-0.3, -0.25) is 9.44 Å². The summed E-state index contributed by atoms with van der Waals surface area (Å²) in [4.78, 5) is -0.241. The Kier molecular flexibility index (Phi) is 5.83. The molecule has 0 unspecified atom stereocenters. The molecule has 3 aromatic rings. The molecule has 0 fully saturated rings. The van der Waals surface area contributed by atoms with E-state index in [2.05, 4.69) is 9.44 Å². The van der Waals surface area contributed by atoms with Crippen LogP contribution in [0.5, 0.6) is 0 Å². The molecule has 152 valence electrons. The molecule has 0 aliphatic rings. The molecule has 6 nitrogen and oxygen atoms in total. The van der Waals surface area contributed by atoms with Crippen molar-refractivity contribution in [1.29, 1.82) is 0 Å². The quantitative estimate of drug-likeness (QED) is 0.577. The summed E-state index contributed by atoms with van der Waals surface area (Å²) in [6, 6.07) is 14.7. The van der Waals surface area contributed by atoms with Crippen molar-refractivity contribution in [2.45, 2.75) is 16.7 Å². The van der Waals surface area contributed by atoms with Crippen LogP contribution < -0.4 is 9.44 Å². The Morgan fingerprint density at radius 2 is 1.45 bits per heavy atom. The molecule has 2 N–H and O–H groups in total. The highest BCUT2D eigenvalue weighted by Gasteiger charge is 2.19. The third-order valence-corrected chi connectivity index (χ3v) is 7.09. The van der Waals surface area contributed by atoms with E-state index in [1.807, 2.05) is 0 Å². The molecular weight excluding hydrogens is 439 g/mol. The SMILES string of the molecule is Cc1cc(F)ccc1S(=O)(=O)Nc1cccc(S(=O)(=O)Nc2ccc(Cl)cc2)c1. The zero-order valence-electron chi connectivity index (χ0n) is 15.1. The highest BCUT2D eigenvalue weighted by Crippen LogP contribution is 2.24. The Balaban J connectivity index is 1.88. The Morgan fingerprint density at radius 3 is 2.10 bits per heavy atom. The number of nitrogens with one attached hydrogen (secondary N) is 2. The number of aryl methyl sites for hydroxylation is 1. The van der Waals surface area contributed by atoms with E-state index in [1.165, 1.54) is 55.5 Å². The van der Waals surface area contributed by atoms with Crippen LogP contribution >= 0.6 is 11.6 Å². The molecule has 10 heteroatoms. The second-order valence-corrected chi connectivity index (χ2v) is 9.93. The van der Waals surface area contributed by atoms with Gasteiger partial charge in [-0.2, -0.15) is 0 Å². The van der Waals surface area contributed by atoms with Crippen LogP contribution in [0.3, 0.4) is 0 Å². The molecule has 0 bridgehead atoms. The van der Waals surface area contributed by atoms with Crippen molar-refractivity contribution in [1.82, 2.24) is 0 Å². The number of halogens is 2. The normalized spacial score (nSPS) is 11.8. The van der Waals surface area contributed by atoms with Crippen molar-refractivity contribution in [3.05, 3.63) is 83.1 Å². The van der Waals surface area contributed by atoms with E-state index in [9.17, 15) is 21.2 Å². The van der Waals surface area contributed by atoms with Crippen molar-refractivity contribution in [2.24, 2.45) is 0 Å². The van der Waals surface area contributed by atoms with Crippen LogP contribution in [-0.4, -0.2) is 16.8 Å². The summed E-state index contributed by atoms with van der Waals surface area (Å²) in [6.07, 6.45) is 0. The van der Waals surface area contributed by atoms with E-state index in [-0.39, 0.29) is 21.0 Å². The molecule has 29 heavy (non-hydrogen) atoms. The lowest BCUT2D eigenvalue weighted by Crippen LogP contribution is -2.16. The van der Waals surface area contributed by atoms with Gasteiger partial charge in [0.2, 0.25) is 0 Å². The summed E-state index contributed by atoms with van der Waals surface area (Å²) in [5.74, 6) is -0.553. The summed E-state index contributed by atoms with van der Waals surface area (Å²) >= 11 is 5.79. The lowest BCUT2D eigenvalue weighted by atomic mass is 10.2. The zero-order chi connectivity index (χ0) is 21.2. The molecule has 0 heterocycles. The second kappa shape index (κ2) is 8.02. The van der Waals surface area contributed by atoms with E-state index < -0.39 is 25.9 Å². The first-order valence-electron chi connectivity index (χ1n) is 8.24. The van der Waals surface area contributed by atoms with Crippen LogP contribution in [0.25, 0.3) is 0 Å². The molecule has 0 aliphatic carbocycles. The van der Waals surface area contributed by atoms with Crippen molar-refractivity contribution in [3.63, 3.8) is 0 Å². The summed E-state index contributed by atoms with van der Waals surface area (Å²) in [5.41, 5.74) is 0.584. The van der Waals surface area contributed by atoms with Gasteiger partial charge in [0.05, 0.1) is 15.5 Å². The minimum absolute atomic E-state index is 0.0488. The first-order chi connectivity index (χ1) is 13.6. The van der Waals surface area contributed by atoms with Gasteiger partial charge in [-0.05, 0) is 73.2 Å². The van der Waals surface area contributed by atoms with Gasteiger partial charge < -0.3 is 0 Å². The molecule has 3 rings (SSSR count).